The molecule has 0 spiro atoms. The van der Waals surface area contributed by atoms with Gasteiger partial charge in [-0.25, -0.2) is 14.8 Å². The number of aromatic nitrogens is 2. The third-order valence-corrected chi connectivity index (χ3v) is 6.48. The van der Waals surface area contributed by atoms with E-state index >= 15 is 0 Å². The molecule has 164 valence electrons. The highest BCUT2D eigenvalue weighted by molar-refractivity contribution is 5.98. The first-order valence-electron chi connectivity index (χ1n) is 11.3. The van der Waals surface area contributed by atoms with Crippen LogP contribution in [0.2, 0.25) is 0 Å². The van der Waals surface area contributed by atoms with Crippen LogP contribution in [0, 0.1) is 12.7 Å². The minimum atomic E-state index is -0.247. The molecular formula is C26H28FN5. The fourth-order valence-corrected chi connectivity index (χ4v) is 4.79. The molecule has 1 aromatic heterocycles. The van der Waals surface area contributed by atoms with Crippen molar-refractivity contribution in [1.82, 2.24) is 20.0 Å². The second-order valence-corrected chi connectivity index (χ2v) is 8.56. The van der Waals surface area contributed by atoms with E-state index in [0.29, 0.717) is 6.54 Å². The Balaban J connectivity index is 1.40. The number of imidazole rings is 1. The third kappa shape index (κ3) is 3.65. The molecular weight excluding hydrogens is 401 g/mol. The minimum Gasteiger partial charge on any atom is -0.306 e. The summed E-state index contributed by atoms with van der Waals surface area (Å²) in [6.45, 7) is 5.76. The van der Waals surface area contributed by atoms with Crippen LogP contribution in [0.25, 0.3) is 11.8 Å². The summed E-state index contributed by atoms with van der Waals surface area (Å²) in [5.41, 5.74) is 8.97. The highest BCUT2D eigenvalue weighted by Crippen LogP contribution is 2.39. The Morgan fingerprint density at radius 2 is 2.00 bits per heavy atom. The molecule has 1 N–H and O–H groups in total. The summed E-state index contributed by atoms with van der Waals surface area (Å²) < 4.78 is 15.6. The lowest BCUT2D eigenvalue weighted by Crippen LogP contribution is -2.57. The monoisotopic (exact) mass is 429 g/mol. The first-order valence-corrected chi connectivity index (χ1v) is 11.3. The molecule has 0 saturated carbocycles. The number of amidine groups is 1. The number of fused-ring (bicyclic) bond motifs is 1. The molecule has 2 aromatic carbocycles. The Kier molecular flexibility index (Phi) is 5.39. The Morgan fingerprint density at radius 3 is 2.75 bits per heavy atom. The standard InChI is InChI=1S/C26H28FN5/c1-3-21-15-20(5-11-24(21)31-16-19(2)29-18-31)6-12-25-28-17-26(13-4-14-30-32(25)26)22-7-9-23(27)10-8-22/h5-12,15-16,18,30H,3-4,13-14,17H2,1-2H3/b12-6+. The molecule has 1 fully saturated rings. The Labute approximate surface area is 188 Å². The van der Waals surface area contributed by atoms with Gasteiger partial charge in [-0.2, -0.15) is 0 Å². The molecule has 0 aliphatic carbocycles. The summed E-state index contributed by atoms with van der Waals surface area (Å²) in [5.74, 6) is 0.710. The number of rotatable bonds is 5. The molecule has 0 bridgehead atoms. The van der Waals surface area contributed by atoms with Crippen molar-refractivity contribution >= 4 is 11.9 Å². The fraction of sp³-hybridized carbons (Fsp3) is 0.308. The first kappa shape index (κ1) is 20.6. The van der Waals surface area contributed by atoms with E-state index in [0.717, 1.165) is 54.2 Å². The predicted octanol–water partition coefficient (Wildman–Crippen LogP) is 4.80. The number of hydrogen-bond donors (Lipinski definition) is 1. The van der Waals surface area contributed by atoms with Crippen molar-refractivity contribution < 1.29 is 4.39 Å². The second-order valence-electron chi connectivity index (χ2n) is 8.56. The van der Waals surface area contributed by atoms with E-state index in [2.05, 4.69) is 57.3 Å². The number of halogens is 1. The third-order valence-electron chi connectivity index (χ3n) is 6.48. The van der Waals surface area contributed by atoms with Crippen LogP contribution in [-0.4, -0.2) is 33.5 Å². The highest BCUT2D eigenvalue weighted by Gasteiger charge is 2.45. The van der Waals surface area contributed by atoms with Gasteiger partial charge in [0.15, 0.2) is 0 Å². The fourth-order valence-electron chi connectivity index (χ4n) is 4.79. The van der Waals surface area contributed by atoms with E-state index in [1.54, 1.807) is 12.1 Å². The van der Waals surface area contributed by atoms with Crippen LogP contribution in [0.5, 0.6) is 0 Å². The van der Waals surface area contributed by atoms with Gasteiger partial charge in [0, 0.05) is 18.4 Å². The quantitative estimate of drug-likeness (QED) is 0.634. The summed E-state index contributed by atoms with van der Waals surface area (Å²) in [4.78, 5) is 9.22. The molecule has 1 saturated heterocycles. The summed E-state index contributed by atoms with van der Waals surface area (Å²) in [6, 6.07) is 13.4. The normalized spacial score (nSPS) is 20.6. The van der Waals surface area contributed by atoms with Gasteiger partial charge in [0.25, 0.3) is 0 Å². The van der Waals surface area contributed by atoms with Crippen LogP contribution < -0.4 is 5.43 Å². The second kappa shape index (κ2) is 8.36. The Bertz CT molecular complexity index is 1180. The molecule has 32 heavy (non-hydrogen) atoms. The maximum absolute atomic E-state index is 13.5. The van der Waals surface area contributed by atoms with Crippen LogP contribution in [0.15, 0.2) is 66.1 Å². The maximum Gasteiger partial charge on any atom is 0.138 e. The van der Waals surface area contributed by atoms with Crippen LogP contribution >= 0.6 is 0 Å². The number of aryl methyl sites for hydroxylation is 2. The zero-order valence-corrected chi connectivity index (χ0v) is 18.6. The van der Waals surface area contributed by atoms with Gasteiger partial charge in [-0.15, -0.1) is 0 Å². The summed E-state index contributed by atoms with van der Waals surface area (Å²) in [5, 5.41) is 2.18. The van der Waals surface area contributed by atoms with Crippen molar-refractivity contribution in [1.29, 1.82) is 0 Å². The molecule has 3 heterocycles. The van der Waals surface area contributed by atoms with E-state index < -0.39 is 0 Å². The topological polar surface area (TPSA) is 45.5 Å². The van der Waals surface area contributed by atoms with Crippen LogP contribution in [0.3, 0.4) is 0 Å². The molecule has 0 amide bonds. The molecule has 3 aromatic rings. The number of benzene rings is 2. The van der Waals surface area contributed by atoms with Crippen LogP contribution in [0.1, 0.15) is 42.1 Å². The zero-order valence-electron chi connectivity index (χ0n) is 18.6. The molecule has 5 nitrogen and oxygen atoms in total. The molecule has 6 heteroatoms. The van der Waals surface area contributed by atoms with Crippen LogP contribution in [0.4, 0.5) is 4.39 Å². The SMILES string of the molecule is CCc1cc(/C=C/C2=NCC3(c4ccc(F)cc4)CCCNN23)ccc1-n1cnc(C)c1. The smallest absolute Gasteiger partial charge is 0.138 e. The van der Waals surface area contributed by atoms with Crippen LogP contribution in [-0.2, 0) is 12.0 Å². The molecule has 5 rings (SSSR count). The average molecular weight is 430 g/mol. The number of nitrogens with one attached hydrogen (secondary N) is 1. The minimum absolute atomic E-state index is 0.208. The average Bonchev–Trinajstić information content (AvgIpc) is 3.42. The van der Waals surface area contributed by atoms with Gasteiger partial charge in [0.2, 0.25) is 0 Å². The lowest BCUT2D eigenvalue weighted by atomic mass is 9.84. The number of hydrogen-bond acceptors (Lipinski definition) is 4. The highest BCUT2D eigenvalue weighted by atomic mass is 19.1. The van der Waals surface area contributed by atoms with Gasteiger partial charge >= 0.3 is 0 Å². The van der Waals surface area contributed by atoms with E-state index in [1.165, 1.54) is 5.56 Å². The first-order chi connectivity index (χ1) is 15.6. The molecule has 1 unspecified atom stereocenters. The molecule has 2 aliphatic rings. The van der Waals surface area contributed by atoms with Gasteiger partial charge < -0.3 is 4.57 Å². The Morgan fingerprint density at radius 1 is 1.16 bits per heavy atom. The van der Waals surface area contributed by atoms with Crippen molar-refractivity contribution in [2.24, 2.45) is 4.99 Å². The molecule has 0 radical (unpaired) electrons. The molecule has 2 aliphatic heterocycles. The number of aliphatic imine (C=N–C) groups is 1. The molecule has 1 atom stereocenters. The van der Waals surface area contributed by atoms with Crippen molar-refractivity contribution in [3.05, 3.63) is 89.3 Å². The lowest BCUT2D eigenvalue weighted by molar-refractivity contribution is 0.0916. The maximum atomic E-state index is 13.5. The Hall–Kier alpha value is -3.25. The summed E-state index contributed by atoms with van der Waals surface area (Å²) in [7, 11) is 0. The van der Waals surface area contributed by atoms with Crippen molar-refractivity contribution in [3.8, 4) is 5.69 Å². The summed E-state index contributed by atoms with van der Waals surface area (Å²) >= 11 is 0. The zero-order chi connectivity index (χ0) is 22.1. The number of hydrazine groups is 1. The van der Waals surface area contributed by atoms with Gasteiger partial charge in [0.05, 0.1) is 18.6 Å². The van der Waals surface area contributed by atoms with Gasteiger partial charge in [-0.1, -0.05) is 31.2 Å². The largest absolute Gasteiger partial charge is 0.306 e. The van der Waals surface area contributed by atoms with Crippen molar-refractivity contribution in [3.63, 3.8) is 0 Å². The van der Waals surface area contributed by atoms with Crippen molar-refractivity contribution in [2.45, 2.75) is 38.6 Å². The van der Waals surface area contributed by atoms with E-state index in [1.807, 2.05) is 31.6 Å². The number of nitrogens with zero attached hydrogens (tertiary/aromatic N) is 4. The van der Waals surface area contributed by atoms with E-state index in [-0.39, 0.29) is 11.4 Å². The van der Waals surface area contributed by atoms with E-state index in [4.69, 9.17) is 4.99 Å². The van der Waals surface area contributed by atoms with Gasteiger partial charge in [-0.3, -0.25) is 10.0 Å². The van der Waals surface area contributed by atoms with Gasteiger partial charge in [0.1, 0.15) is 17.2 Å². The lowest BCUT2D eigenvalue weighted by Gasteiger charge is -2.43. The van der Waals surface area contributed by atoms with Crippen molar-refractivity contribution in [2.75, 3.05) is 13.1 Å². The van der Waals surface area contributed by atoms with E-state index in [9.17, 15) is 4.39 Å². The predicted molar refractivity (Wildman–Crippen MR) is 126 cm³/mol. The van der Waals surface area contributed by atoms with Gasteiger partial charge in [-0.05, 0) is 73.2 Å². The summed E-state index contributed by atoms with van der Waals surface area (Å²) in [6.07, 6.45) is 11.1.